The molecule has 2 aromatic rings. The maximum Gasteiger partial charge on any atom is 0.263 e. The molecule has 1 heterocycles. The molecule has 22 heavy (non-hydrogen) atoms. The lowest BCUT2D eigenvalue weighted by molar-refractivity contribution is 0.601. The summed E-state index contributed by atoms with van der Waals surface area (Å²) < 4.78 is 27.9. The van der Waals surface area contributed by atoms with Gasteiger partial charge in [0.1, 0.15) is 4.90 Å². The van der Waals surface area contributed by atoms with Crippen LogP contribution in [-0.4, -0.2) is 13.4 Å². The van der Waals surface area contributed by atoms with Crippen LogP contribution in [0.2, 0.25) is 10.2 Å². The molecule has 0 atom stereocenters. The van der Waals surface area contributed by atoms with Gasteiger partial charge in [-0.1, -0.05) is 23.2 Å². The number of nitrogens with zero attached hydrogens (tertiary/aromatic N) is 2. The van der Waals surface area contributed by atoms with Crippen LogP contribution >= 0.6 is 39.1 Å². The largest absolute Gasteiger partial charge is 0.276 e. The number of hydrogen-bond acceptors (Lipinski definition) is 4. The zero-order chi connectivity index (χ0) is 16.5. The van der Waals surface area contributed by atoms with E-state index >= 15 is 0 Å². The minimum atomic E-state index is -3.97. The van der Waals surface area contributed by atoms with Crippen LogP contribution in [0, 0.1) is 18.3 Å². The first-order valence-corrected chi connectivity index (χ1v) is 8.82. The van der Waals surface area contributed by atoms with Crippen LogP contribution in [-0.2, 0) is 10.0 Å². The van der Waals surface area contributed by atoms with Gasteiger partial charge in [-0.05, 0) is 46.6 Å². The molecule has 1 aromatic heterocycles. The quantitative estimate of drug-likeness (QED) is 0.756. The Labute approximate surface area is 146 Å². The molecule has 0 saturated heterocycles. The highest BCUT2D eigenvalue weighted by Gasteiger charge is 2.21. The molecule has 1 aromatic carbocycles. The summed E-state index contributed by atoms with van der Waals surface area (Å²) in [6, 6.07) is 5.80. The van der Waals surface area contributed by atoms with E-state index in [1.54, 1.807) is 6.92 Å². The summed E-state index contributed by atoms with van der Waals surface area (Å²) in [7, 11) is -3.97. The zero-order valence-electron chi connectivity index (χ0n) is 11.1. The Kier molecular flexibility index (Phi) is 4.97. The molecule has 0 saturated carbocycles. The van der Waals surface area contributed by atoms with Crippen LogP contribution in [0.15, 0.2) is 33.8 Å². The molecular formula is C13H8BrCl2N3O2S. The van der Waals surface area contributed by atoms with Crippen molar-refractivity contribution in [1.82, 2.24) is 4.98 Å². The lowest BCUT2D eigenvalue weighted by Crippen LogP contribution is -2.15. The molecule has 5 nitrogen and oxygen atoms in total. The smallest absolute Gasteiger partial charge is 0.263 e. The Bertz CT molecular complexity index is 895. The third-order valence-corrected chi connectivity index (χ3v) is 5.74. The topological polar surface area (TPSA) is 82.8 Å². The summed E-state index contributed by atoms with van der Waals surface area (Å²) in [5.74, 6) is 0. The Hall–Kier alpha value is -1.33. The molecule has 0 spiro atoms. The first kappa shape index (κ1) is 17.0. The lowest BCUT2D eigenvalue weighted by atomic mass is 10.2. The summed E-state index contributed by atoms with van der Waals surface area (Å²) in [5.41, 5.74) is 1.02. The van der Waals surface area contributed by atoms with Crippen molar-refractivity contribution in [2.75, 3.05) is 4.72 Å². The normalized spacial score (nSPS) is 11.0. The van der Waals surface area contributed by atoms with Crippen molar-refractivity contribution >= 4 is 54.8 Å². The van der Waals surface area contributed by atoms with Crippen molar-refractivity contribution < 1.29 is 8.42 Å². The number of rotatable bonds is 3. The van der Waals surface area contributed by atoms with Crippen LogP contribution in [0.1, 0.15) is 11.1 Å². The van der Waals surface area contributed by atoms with Gasteiger partial charge in [-0.3, -0.25) is 4.72 Å². The summed E-state index contributed by atoms with van der Waals surface area (Å²) >= 11 is 15.1. The van der Waals surface area contributed by atoms with Crippen molar-refractivity contribution in [2.24, 2.45) is 0 Å². The first-order chi connectivity index (χ1) is 10.3. The maximum absolute atomic E-state index is 12.5. The van der Waals surface area contributed by atoms with Gasteiger partial charge in [0, 0.05) is 10.7 Å². The van der Waals surface area contributed by atoms with Gasteiger partial charge < -0.3 is 0 Å². The SMILES string of the molecule is Cc1c(Br)cnc(Cl)c1NS(=O)(=O)c1ccc(C#N)cc1Cl. The highest BCUT2D eigenvalue weighted by molar-refractivity contribution is 9.10. The second-order valence-corrected chi connectivity index (χ2v) is 7.53. The highest BCUT2D eigenvalue weighted by atomic mass is 79.9. The molecule has 9 heteroatoms. The van der Waals surface area contributed by atoms with Gasteiger partial charge in [0.15, 0.2) is 5.15 Å². The standard InChI is InChI=1S/C13H8BrCl2N3O2S/c1-7-9(14)6-18-13(16)12(7)19-22(20,21)11-3-2-8(5-17)4-10(11)15/h2-4,6,19H,1H3. The summed E-state index contributed by atoms with van der Waals surface area (Å²) in [5, 5.41) is 8.76. The number of hydrogen-bond donors (Lipinski definition) is 1. The molecule has 0 radical (unpaired) electrons. The molecule has 0 amide bonds. The predicted molar refractivity (Wildman–Crippen MR) is 88.7 cm³/mol. The number of sulfonamides is 1. The van der Waals surface area contributed by atoms with Crippen molar-refractivity contribution in [1.29, 1.82) is 5.26 Å². The average Bonchev–Trinajstić information content (AvgIpc) is 2.47. The van der Waals surface area contributed by atoms with E-state index in [1.165, 1.54) is 24.4 Å². The number of aromatic nitrogens is 1. The number of benzene rings is 1. The van der Waals surface area contributed by atoms with Gasteiger partial charge in [0.05, 0.1) is 22.3 Å². The molecule has 0 unspecified atom stereocenters. The van der Waals surface area contributed by atoms with E-state index in [0.717, 1.165) is 0 Å². The molecule has 1 N–H and O–H groups in total. The Morgan fingerprint density at radius 1 is 1.36 bits per heavy atom. The molecule has 114 valence electrons. The molecule has 0 aliphatic rings. The highest BCUT2D eigenvalue weighted by Crippen LogP contribution is 2.32. The fourth-order valence-corrected chi connectivity index (χ4v) is 3.92. The number of nitrogens with one attached hydrogen (secondary N) is 1. The molecule has 0 aliphatic carbocycles. The van der Waals surface area contributed by atoms with E-state index in [0.29, 0.717) is 10.0 Å². The fraction of sp³-hybridized carbons (Fsp3) is 0.0769. The van der Waals surface area contributed by atoms with Crippen molar-refractivity contribution in [3.8, 4) is 6.07 Å². The van der Waals surface area contributed by atoms with Crippen molar-refractivity contribution in [3.05, 3.63) is 50.2 Å². The van der Waals surface area contributed by atoms with E-state index in [9.17, 15) is 8.42 Å². The summed E-state index contributed by atoms with van der Waals surface area (Å²) in [6.45, 7) is 1.69. The van der Waals surface area contributed by atoms with Gasteiger partial charge in [0.25, 0.3) is 10.0 Å². The van der Waals surface area contributed by atoms with Crippen LogP contribution in [0.4, 0.5) is 5.69 Å². The van der Waals surface area contributed by atoms with Gasteiger partial charge in [-0.25, -0.2) is 13.4 Å². The van der Waals surface area contributed by atoms with Gasteiger partial charge in [-0.2, -0.15) is 5.26 Å². The van der Waals surface area contributed by atoms with Crippen molar-refractivity contribution in [2.45, 2.75) is 11.8 Å². The molecule has 0 fully saturated rings. The minimum absolute atomic E-state index is 0.0223. The Morgan fingerprint density at radius 2 is 2.05 bits per heavy atom. The van der Waals surface area contributed by atoms with E-state index in [1.807, 2.05) is 6.07 Å². The number of pyridine rings is 1. The van der Waals surface area contributed by atoms with E-state index in [-0.39, 0.29) is 26.3 Å². The second-order valence-electron chi connectivity index (χ2n) is 4.26. The minimum Gasteiger partial charge on any atom is -0.276 e. The van der Waals surface area contributed by atoms with Crippen LogP contribution < -0.4 is 4.72 Å². The monoisotopic (exact) mass is 419 g/mol. The first-order valence-electron chi connectivity index (χ1n) is 5.79. The Morgan fingerprint density at radius 3 is 2.64 bits per heavy atom. The average molecular weight is 421 g/mol. The van der Waals surface area contributed by atoms with Crippen LogP contribution in [0.5, 0.6) is 0 Å². The van der Waals surface area contributed by atoms with Gasteiger partial charge in [0.2, 0.25) is 0 Å². The maximum atomic E-state index is 12.5. The van der Waals surface area contributed by atoms with Crippen molar-refractivity contribution in [3.63, 3.8) is 0 Å². The van der Waals surface area contributed by atoms with E-state index in [2.05, 4.69) is 25.6 Å². The predicted octanol–water partition coefficient (Wildman–Crippen LogP) is 4.13. The number of anilines is 1. The third kappa shape index (κ3) is 3.36. The van der Waals surface area contributed by atoms with Crippen LogP contribution in [0.3, 0.4) is 0 Å². The molecular weight excluding hydrogens is 413 g/mol. The van der Waals surface area contributed by atoms with Crippen LogP contribution in [0.25, 0.3) is 0 Å². The summed E-state index contributed by atoms with van der Waals surface area (Å²) in [4.78, 5) is 3.73. The number of nitriles is 1. The third-order valence-electron chi connectivity index (χ3n) is 2.82. The number of halogens is 3. The van der Waals surface area contributed by atoms with E-state index in [4.69, 9.17) is 28.5 Å². The summed E-state index contributed by atoms with van der Waals surface area (Å²) in [6.07, 6.45) is 1.48. The van der Waals surface area contributed by atoms with E-state index < -0.39 is 10.0 Å². The molecule has 0 aliphatic heterocycles. The fourth-order valence-electron chi connectivity index (χ4n) is 1.65. The zero-order valence-corrected chi connectivity index (χ0v) is 15.0. The second kappa shape index (κ2) is 6.42. The molecule has 2 rings (SSSR count). The lowest BCUT2D eigenvalue weighted by Gasteiger charge is -2.13. The van der Waals surface area contributed by atoms with Gasteiger partial charge in [-0.15, -0.1) is 0 Å². The Balaban J connectivity index is 2.50. The van der Waals surface area contributed by atoms with Gasteiger partial charge >= 0.3 is 0 Å². The molecule has 0 bridgehead atoms.